The molecular formula is C15H19N3O3. The monoisotopic (exact) mass is 289 g/mol. The Balaban J connectivity index is 1.69. The first-order valence-electron chi connectivity index (χ1n) is 7.05. The summed E-state index contributed by atoms with van der Waals surface area (Å²) < 4.78 is 15.9. The summed E-state index contributed by atoms with van der Waals surface area (Å²) in [6.07, 6.45) is 1.44. The van der Waals surface area contributed by atoms with Gasteiger partial charge in [-0.25, -0.2) is 0 Å². The highest BCUT2D eigenvalue weighted by molar-refractivity contribution is 5.28. The van der Waals surface area contributed by atoms with E-state index in [2.05, 4.69) is 10.1 Å². The Bertz CT molecular complexity index is 582. The lowest BCUT2D eigenvalue weighted by atomic mass is 9.97. The van der Waals surface area contributed by atoms with Gasteiger partial charge in [0.1, 0.15) is 5.75 Å². The quantitative estimate of drug-likeness (QED) is 0.918. The van der Waals surface area contributed by atoms with E-state index in [0.717, 1.165) is 17.7 Å². The van der Waals surface area contributed by atoms with Crippen molar-refractivity contribution in [2.75, 3.05) is 20.3 Å². The van der Waals surface area contributed by atoms with E-state index in [1.165, 1.54) is 0 Å². The molecule has 0 aliphatic carbocycles. The van der Waals surface area contributed by atoms with E-state index in [-0.39, 0.29) is 12.0 Å². The van der Waals surface area contributed by atoms with Gasteiger partial charge in [-0.2, -0.15) is 4.98 Å². The summed E-state index contributed by atoms with van der Waals surface area (Å²) in [6.45, 7) is 1.25. The average molecular weight is 289 g/mol. The van der Waals surface area contributed by atoms with E-state index in [9.17, 15) is 0 Å². The van der Waals surface area contributed by atoms with Crippen LogP contribution in [0.1, 0.15) is 29.6 Å². The molecule has 1 fully saturated rings. The predicted octanol–water partition coefficient (Wildman–Crippen LogP) is 1.50. The molecule has 0 saturated carbocycles. The molecule has 1 aliphatic rings. The van der Waals surface area contributed by atoms with Gasteiger partial charge in [0.15, 0.2) is 5.82 Å². The van der Waals surface area contributed by atoms with Crippen LogP contribution >= 0.6 is 0 Å². The molecule has 0 spiro atoms. The van der Waals surface area contributed by atoms with Gasteiger partial charge in [0.25, 0.3) is 0 Å². The van der Waals surface area contributed by atoms with Gasteiger partial charge in [-0.3, -0.25) is 0 Å². The fraction of sp³-hybridized carbons (Fsp3) is 0.467. The zero-order valence-corrected chi connectivity index (χ0v) is 12.0. The average Bonchev–Trinajstić information content (AvgIpc) is 2.97. The third kappa shape index (κ3) is 3.22. The van der Waals surface area contributed by atoms with Crippen molar-refractivity contribution in [1.82, 2.24) is 10.1 Å². The summed E-state index contributed by atoms with van der Waals surface area (Å²) >= 11 is 0. The van der Waals surface area contributed by atoms with E-state index in [0.29, 0.717) is 31.3 Å². The number of aromatic nitrogens is 2. The summed E-state index contributed by atoms with van der Waals surface area (Å²) in [5, 5.41) is 4.04. The van der Waals surface area contributed by atoms with Crippen LogP contribution in [0.4, 0.5) is 0 Å². The fourth-order valence-electron chi connectivity index (χ4n) is 2.42. The van der Waals surface area contributed by atoms with E-state index in [1.807, 2.05) is 24.3 Å². The van der Waals surface area contributed by atoms with Crippen LogP contribution in [0.15, 0.2) is 28.8 Å². The van der Waals surface area contributed by atoms with Gasteiger partial charge in [-0.15, -0.1) is 0 Å². The van der Waals surface area contributed by atoms with Gasteiger partial charge >= 0.3 is 0 Å². The van der Waals surface area contributed by atoms with E-state index >= 15 is 0 Å². The van der Waals surface area contributed by atoms with Gasteiger partial charge in [0.05, 0.1) is 19.6 Å². The molecule has 3 rings (SSSR count). The number of methoxy groups -OCH3 is 1. The molecular weight excluding hydrogens is 270 g/mol. The van der Waals surface area contributed by atoms with Gasteiger partial charge in [-0.05, 0) is 24.1 Å². The molecule has 0 amide bonds. The molecule has 1 saturated heterocycles. The first-order chi connectivity index (χ1) is 10.3. The van der Waals surface area contributed by atoms with Gasteiger partial charge < -0.3 is 19.7 Å². The van der Waals surface area contributed by atoms with Crippen molar-refractivity contribution in [1.29, 1.82) is 0 Å². The van der Waals surface area contributed by atoms with E-state index in [4.69, 9.17) is 19.7 Å². The Morgan fingerprint density at radius 2 is 2.14 bits per heavy atom. The highest BCUT2D eigenvalue weighted by Gasteiger charge is 2.29. The molecule has 112 valence electrons. The lowest BCUT2D eigenvalue weighted by Gasteiger charge is -2.25. The number of rotatable bonds is 4. The minimum absolute atomic E-state index is 0.00383. The Hall–Kier alpha value is -1.92. The molecule has 2 N–H and O–H groups in total. The Morgan fingerprint density at radius 3 is 2.86 bits per heavy atom. The number of hydrogen-bond acceptors (Lipinski definition) is 6. The maximum Gasteiger partial charge on any atom is 0.233 e. The van der Waals surface area contributed by atoms with E-state index in [1.54, 1.807) is 7.11 Å². The van der Waals surface area contributed by atoms with Gasteiger partial charge in [0, 0.05) is 19.1 Å². The van der Waals surface area contributed by atoms with Crippen molar-refractivity contribution >= 4 is 0 Å². The van der Waals surface area contributed by atoms with Crippen LogP contribution < -0.4 is 10.5 Å². The Kier molecular flexibility index (Phi) is 4.17. The Morgan fingerprint density at radius 1 is 1.33 bits per heavy atom. The zero-order chi connectivity index (χ0) is 14.7. The smallest absolute Gasteiger partial charge is 0.233 e. The third-order valence-corrected chi connectivity index (χ3v) is 3.73. The summed E-state index contributed by atoms with van der Waals surface area (Å²) in [6, 6.07) is 7.84. The SMILES string of the molecule is COc1ccc(Cc2noc(C3COCCC3N)n2)cc1. The second-order valence-corrected chi connectivity index (χ2v) is 5.21. The molecule has 1 aliphatic heterocycles. The molecule has 1 aromatic carbocycles. The molecule has 2 aromatic rings. The van der Waals surface area contributed by atoms with Crippen LogP contribution in [-0.2, 0) is 11.2 Å². The number of hydrogen-bond donors (Lipinski definition) is 1. The Labute approximate surface area is 123 Å². The van der Waals surface area contributed by atoms with Crippen LogP contribution in [0, 0.1) is 0 Å². The molecule has 2 heterocycles. The fourth-order valence-corrected chi connectivity index (χ4v) is 2.42. The van der Waals surface area contributed by atoms with Crippen molar-refractivity contribution in [2.24, 2.45) is 5.73 Å². The first kappa shape index (κ1) is 14.0. The van der Waals surface area contributed by atoms with Crippen LogP contribution in [0.25, 0.3) is 0 Å². The number of nitrogens with zero attached hydrogens (tertiary/aromatic N) is 2. The molecule has 0 bridgehead atoms. The summed E-state index contributed by atoms with van der Waals surface area (Å²) in [5.74, 6) is 2.06. The lowest BCUT2D eigenvalue weighted by Crippen LogP contribution is -2.37. The number of nitrogens with two attached hydrogens (primary N) is 1. The van der Waals surface area contributed by atoms with Crippen molar-refractivity contribution in [3.8, 4) is 5.75 Å². The predicted molar refractivity (Wildman–Crippen MR) is 76.3 cm³/mol. The van der Waals surface area contributed by atoms with Crippen molar-refractivity contribution in [3.63, 3.8) is 0 Å². The van der Waals surface area contributed by atoms with Crippen molar-refractivity contribution in [3.05, 3.63) is 41.5 Å². The topological polar surface area (TPSA) is 83.4 Å². The highest BCUT2D eigenvalue weighted by atomic mass is 16.5. The minimum Gasteiger partial charge on any atom is -0.497 e. The minimum atomic E-state index is -0.00383. The maximum absolute atomic E-state index is 6.08. The standard InChI is InChI=1S/C15H19N3O3/c1-19-11-4-2-10(3-5-11)8-14-17-15(21-18-14)12-9-20-7-6-13(12)16/h2-5,12-13H,6-9,16H2,1H3. The second kappa shape index (κ2) is 6.24. The third-order valence-electron chi connectivity index (χ3n) is 3.73. The zero-order valence-electron chi connectivity index (χ0n) is 12.0. The van der Waals surface area contributed by atoms with Crippen LogP contribution in [0.5, 0.6) is 5.75 Å². The van der Waals surface area contributed by atoms with Gasteiger partial charge in [-0.1, -0.05) is 17.3 Å². The van der Waals surface area contributed by atoms with Crippen molar-refractivity contribution in [2.45, 2.75) is 24.8 Å². The molecule has 1 aromatic heterocycles. The van der Waals surface area contributed by atoms with Crippen LogP contribution in [0.3, 0.4) is 0 Å². The molecule has 2 unspecified atom stereocenters. The molecule has 6 heteroatoms. The lowest BCUT2D eigenvalue weighted by molar-refractivity contribution is 0.0590. The normalized spacial score (nSPS) is 22.2. The highest BCUT2D eigenvalue weighted by Crippen LogP contribution is 2.23. The summed E-state index contributed by atoms with van der Waals surface area (Å²) in [7, 11) is 1.65. The van der Waals surface area contributed by atoms with Gasteiger partial charge in [0.2, 0.25) is 5.89 Å². The second-order valence-electron chi connectivity index (χ2n) is 5.21. The maximum atomic E-state index is 6.08. The largest absolute Gasteiger partial charge is 0.497 e. The first-order valence-corrected chi connectivity index (χ1v) is 7.05. The summed E-state index contributed by atoms with van der Waals surface area (Å²) in [5.41, 5.74) is 7.19. The molecule has 0 radical (unpaired) electrons. The van der Waals surface area contributed by atoms with Crippen molar-refractivity contribution < 1.29 is 14.0 Å². The molecule has 6 nitrogen and oxygen atoms in total. The summed E-state index contributed by atoms with van der Waals surface area (Å²) in [4.78, 5) is 4.45. The number of benzene rings is 1. The number of ether oxygens (including phenoxy) is 2. The van der Waals surface area contributed by atoms with E-state index < -0.39 is 0 Å². The van der Waals surface area contributed by atoms with Crippen LogP contribution in [-0.4, -0.2) is 36.5 Å². The van der Waals surface area contributed by atoms with Crippen LogP contribution in [0.2, 0.25) is 0 Å². The molecule has 21 heavy (non-hydrogen) atoms. The molecule has 2 atom stereocenters.